The van der Waals surface area contributed by atoms with Crippen LogP contribution in [0.4, 0.5) is 24.3 Å². The van der Waals surface area contributed by atoms with Crippen LogP contribution in [0.5, 0.6) is 5.75 Å². The summed E-state index contributed by atoms with van der Waals surface area (Å²) in [5.74, 6) is 1.96. The Hall–Kier alpha value is -2.63. The molecule has 3 aromatic rings. The highest BCUT2D eigenvalue weighted by Gasteiger charge is 2.36. The van der Waals surface area contributed by atoms with Crippen LogP contribution in [0.25, 0.3) is 5.65 Å². The molecular formula is C21H28F3N7OS. The van der Waals surface area contributed by atoms with E-state index in [1.54, 1.807) is 6.07 Å². The van der Waals surface area contributed by atoms with Crippen LogP contribution >= 0.6 is 11.5 Å². The molecule has 1 fully saturated rings. The number of aryl methyl sites for hydroxylation is 2. The van der Waals surface area contributed by atoms with E-state index in [2.05, 4.69) is 43.5 Å². The summed E-state index contributed by atoms with van der Waals surface area (Å²) in [6, 6.07) is 3.30. The van der Waals surface area contributed by atoms with Gasteiger partial charge < -0.3 is 15.0 Å². The van der Waals surface area contributed by atoms with Crippen molar-refractivity contribution in [1.29, 1.82) is 0 Å². The highest BCUT2D eigenvalue weighted by Crippen LogP contribution is 2.35. The highest BCUT2D eigenvalue weighted by atomic mass is 32.1. The van der Waals surface area contributed by atoms with Gasteiger partial charge in [-0.3, -0.25) is 0 Å². The van der Waals surface area contributed by atoms with Crippen LogP contribution in [0.15, 0.2) is 12.1 Å². The Kier molecular flexibility index (Phi) is 6.64. The molecular weight excluding hydrogens is 455 g/mol. The number of hydrogen-bond donors (Lipinski definition) is 1. The van der Waals surface area contributed by atoms with Crippen molar-refractivity contribution in [3.63, 3.8) is 0 Å². The van der Waals surface area contributed by atoms with Crippen LogP contribution in [-0.4, -0.2) is 55.9 Å². The molecule has 0 aliphatic heterocycles. The average Bonchev–Trinajstić information content (AvgIpc) is 3.46. The number of fused-ring (bicyclic) bond motifs is 1. The number of aromatic nitrogens is 5. The Bertz CT molecular complexity index is 1100. The van der Waals surface area contributed by atoms with Gasteiger partial charge in [0, 0.05) is 36.4 Å². The molecule has 0 spiro atoms. The second-order valence-corrected chi connectivity index (χ2v) is 9.29. The predicted molar refractivity (Wildman–Crippen MR) is 121 cm³/mol. The Morgan fingerprint density at radius 3 is 2.70 bits per heavy atom. The topological polar surface area (TPSA) is 80.5 Å². The number of rotatable bonds is 8. The molecule has 0 aromatic carbocycles. The summed E-state index contributed by atoms with van der Waals surface area (Å²) in [5.41, 5.74) is 1.02. The number of halogens is 3. The number of hydrogen-bond acceptors (Lipinski definition) is 8. The normalized spacial score (nSPS) is 21.0. The minimum atomic E-state index is -4.42. The van der Waals surface area contributed by atoms with Gasteiger partial charge in [-0.1, -0.05) is 6.92 Å². The molecule has 3 atom stereocenters. The maximum absolute atomic E-state index is 12.6. The van der Waals surface area contributed by atoms with Gasteiger partial charge in [0.2, 0.25) is 11.1 Å². The van der Waals surface area contributed by atoms with Gasteiger partial charge in [-0.2, -0.15) is 22.5 Å². The van der Waals surface area contributed by atoms with Crippen molar-refractivity contribution in [1.82, 2.24) is 24.0 Å². The lowest BCUT2D eigenvalue weighted by Crippen LogP contribution is -2.38. The van der Waals surface area contributed by atoms with E-state index < -0.39 is 12.8 Å². The van der Waals surface area contributed by atoms with Crippen molar-refractivity contribution in [3.8, 4) is 5.75 Å². The Balaban J connectivity index is 1.53. The first kappa shape index (κ1) is 23.5. The number of anilines is 2. The first-order chi connectivity index (χ1) is 15.6. The summed E-state index contributed by atoms with van der Waals surface area (Å²) >= 11 is 1.41. The Labute approximate surface area is 194 Å². The second-order valence-electron chi connectivity index (χ2n) is 8.56. The third kappa shape index (κ3) is 5.31. The summed E-state index contributed by atoms with van der Waals surface area (Å²) in [5, 5.41) is 8.89. The van der Waals surface area contributed by atoms with E-state index in [1.807, 2.05) is 13.8 Å². The smallest absolute Gasteiger partial charge is 0.422 e. The molecule has 0 bridgehead atoms. The molecule has 1 saturated carbocycles. The molecule has 0 saturated heterocycles. The lowest BCUT2D eigenvalue weighted by Gasteiger charge is -2.29. The molecule has 33 heavy (non-hydrogen) atoms. The van der Waals surface area contributed by atoms with Crippen molar-refractivity contribution < 1.29 is 17.9 Å². The van der Waals surface area contributed by atoms with Crippen LogP contribution in [-0.2, 0) is 0 Å². The molecule has 1 aliphatic rings. The minimum Gasteiger partial charge on any atom is -0.480 e. The number of ether oxygens (including phenoxy) is 1. The molecule has 0 unspecified atom stereocenters. The number of alkyl halides is 3. The highest BCUT2D eigenvalue weighted by molar-refractivity contribution is 7.09. The molecule has 0 amide bonds. The summed E-state index contributed by atoms with van der Waals surface area (Å²) in [7, 11) is 0. The Morgan fingerprint density at radius 1 is 1.24 bits per heavy atom. The van der Waals surface area contributed by atoms with Crippen LogP contribution in [0.3, 0.4) is 0 Å². The van der Waals surface area contributed by atoms with E-state index in [0.717, 1.165) is 42.6 Å². The van der Waals surface area contributed by atoms with Gasteiger partial charge in [0.1, 0.15) is 5.82 Å². The van der Waals surface area contributed by atoms with Crippen molar-refractivity contribution in [2.45, 2.75) is 52.8 Å². The molecule has 0 radical (unpaired) electrons. The summed E-state index contributed by atoms with van der Waals surface area (Å²) < 4.78 is 48.8. The fraction of sp³-hybridized carbons (Fsp3) is 0.619. The number of pyridine rings is 1. The average molecular weight is 484 g/mol. The maximum Gasteiger partial charge on any atom is 0.422 e. The van der Waals surface area contributed by atoms with Crippen LogP contribution < -0.4 is 15.0 Å². The van der Waals surface area contributed by atoms with Crippen molar-refractivity contribution in [3.05, 3.63) is 23.7 Å². The quantitative estimate of drug-likeness (QED) is 0.506. The van der Waals surface area contributed by atoms with E-state index in [4.69, 9.17) is 4.74 Å². The van der Waals surface area contributed by atoms with E-state index in [1.165, 1.54) is 22.1 Å². The summed E-state index contributed by atoms with van der Waals surface area (Å²) in [6.07, 6.45) is -2.30. The van der Waals surface area contributed by atoms with Gasteiger partial charge in [0.05, 0.1) is 0 Å². The molecule has 180 valence electrons. The predicted octanol–water partition coefficient (Wildman–Crippen LogP) is 4.49. The molecule has 1 N–H and O–H groups in total. The van der Waals surface area contributed by atoms with Crippen LogP contribution in [0.1, 0.15) is 38.2 Å². The second kappa shape index (κ2) is 9.32. The van der Waals surface area contributed by atoms with Crippen LogP contribution in [0, 0.1) is 25.7 Å². The third-order valence-electron chi connectivity index (χ3n) is 6.06. The van der Waals surface area contributed by atoms with E-state index in [0.29, 0.717) is 17.8 Å². The summed E-state index contributed by atoms with van der Waals surface area (Å²) in [4.78, 5) is 11.3. The first-order valence-corrected chi connectivity index (χ1v) is 11.8. The largest absolute Gasteiger partial charge is 0.480 e. The molecule has 3 heterocycles. The lowest BCUT2D eigenvalue weighted by molar-refractivity contribution is -0.153. The van der Waals surface area contributed by atoms with Gasteiger partial charge in [-0.25, -0.2) is 9.50 Å². The first-order valence-electron chi connectivity index (χ1n) is 11.0. The van der Waals surface area contributed by atoms with Crippen molar-refractivity contribution >= 4 is 28.3 Å². The zero-order valence-electron chi connectivity index (χ0n) is 19.1. The van der Waals surface area contributed by atoms with E-state index >= 15 is 0 Å². The van der Waals surface area contributed by atoms with E-state index in [-0.39, 0.29) is 17.4 Å². The van der Waals surface area contributed by atoms with Gasteiger partial charge in [0.25, 0.3) is 0 Å². The summed E-state index contributed by atoms with van der Waals surface area (Å²) in [6.45, 7) is 8.30. The van der Waals surface area contributed by atoms with Gasteiger partial charge >= 0.3 is 6.18 Å². The third-order valence-corrected chi connectivity index (χ3v) is 6.93. The molecule has 12 heteroatoms. The van der Waals surface area contributed by atoms with Crippen molar-refractivity contribution in [2.75, 3.05) is 29.9 Å². The standard InChI is InChI=1S/C21H28F3N7OS/c1-5-30(20-25-14(4)29-33-20)10-15-8-6-12(2)17(15)26-19-27-18-16(32-11-21(22,23)24)9-7-13(3)31(18)28-19/h7,9,12,15,17H,5-6,8,10-11H2,1-4H3,(H,26,28)/t12-,15-,17+/m0/s1. The van der Waals surface area contributed by atoms with Gasteiger partial charge in [0.15, 0.2) is 18.0 Å². The lowest BCUT2D eigenvalue weighted by atomic mass is 9.98. The SMILES string of the molecule is CCN(C[C@@H]1CC[C@H](C)[C@H]1Nc1nc2c(OCC(F)(F)F)ccc(C)n2n1)c1nc(C)ns1. The zero-order chi connectivity index (χ0) is 23.8. The van der Waals surface area contributed by atoms with E-state index in [9.17, 15) is 13.2 Å². The molecule has 4 rings (SSSR count). The van der Waals surface area contributed by atoms with Gasteiger partial charge in [-0.05, 0) is 57.6 Å². The molecule has 8 nitrogen and oxygen atoms in total. The maximum atomic E-state index is 12.6. The fourth-order valence-electron chi connectivity index (χ4n) is 4.35. The number of nitrogens with zero attached hydrogens (tertiary/aromatic N) is 6. The molecule has 1 aliphatic carbocycles. The zero-order valence-corrected chi connectivity index (χ0v) is 19.9. The monoisotopic (exact) mass is 483 g/mol. The van der Waals surface area contributed by atoms with Gasteiger partial charge in [-0.15, -0.1) is 5.10 Å². The molecule has 3 aromatic heterocycles. The Morgan fingerprint density at radius 2 is 2.03 bits per heavy atom. The fourth-order valence-corrected chi connectivity index (χ4v) is 5.09. The number of nitrogens with one attached hydrogen (secondary N) is 1. The van der Waals surface area contributed by atoms with Crippen molar-refractivity contribution in [2.24, 2.45) is 11.8 Å². The minimum absolute atomic E-state index is 0.0540. The van der Waals surface area contributed by atoms with Crippen LogP contribution in [0.2, 0.25) is 0 Å².